The Kier molecular flexibility index (Phi) is 7.18. The molecule has 0 radical (unpaired) electrons. The fraction of sp³-hybridized carbons (Fsp3) is 1.00. The molecule has 0 heterocycles. The highest BCUT2D eigenvalue weighted by Crippen LogP contribution is 2.10. The van der Waals surface area contributed by atoms with Gasteiger partial charge in [-0.25, -0.2) is 0 Å². The third kappa shape index (κ3) is 6.16. The molecule has 0 aliphatic carbocycles. The second-order valence-electron chi connectivity index (χ2n) is 2.15. The van der Waals surface area contributed by atoms with E-state index in [0.29, 0.717) is 10.5 Å². The van der Waals surface area contributed by atoms with Crippen LogP contribution in [0.3, 0.4) is 0 Å². The predicted molar refractivity (Wildman–Crippen MR) is 51.3 cm³/mol. The van der Waals surface area contributed by atoms with Crippen LogP contribution in [0.15, 0.2) is 5.11 Å². The highest BCUT2D eigenvalue weighted by molar-refractivity contribution is 14.1. The van der Waals surface area contributed by atoms with E-state index in [1.54, 1.807) is 0 Å². The van der Waals surface area contributed by atoms with E-state index in [9.17, 15) is 0 Å². The van der Waals surface area contributed by atoms with Crippen molar-refractivity contribution >= 4 is 22.6 Å². The summed E-state index contributed by atoms with van der Waals surface area (Å²) in [6.07, 6.45) is 3.61. The van der Waals surface area contributed by atoms with Gasteiger partial charge in [0.2, 0.25) is 0 Å². The average molecular weight is 253 g/mol. The molecule has 0 bridgehead atoms. The maximum Gasteiger partial charge on any atom is 0.0376 e. The molecule has 58 valence electrons. The van der Waals surface area contributed by atoms with E-state index in [2.05, 4.69) is 39.5 Å². The lowest BCUT2D eigenvalue weighted by Gasteiger charge is -2.02. The van der Waals surface area contributed by atoms with Crippen molar-refractivity contribution < 1.29 is 0 Å². The molecule has 0 rings (SSSR count). The second kappa shape index (κ2) is 7.15. The predicted octanol–water partition coefficient (Wildman–Crippen LogP) is 3.29. The van der Waals surface area contributed by atoms with Crippen molar-refractivity contribution in [1.82, 2.24) is 0 Å². The van der Waals surface area contributed by atoms with Gasteiger partial charge in [0, 0.05) is 15.4 Å². The molecular weight excluding hydrogens is 241 g/mol. The van der Waals surface area contributed by atoms with Crippen LogP contribution in [0.4, 0.5) is 0 Å². The molecule has 0 aliphatic rings. The smallest absolute Gasteiger partial charge is 0.0376 e. The first-order valence-electron chi connectivity index (χ1n) is 3.46. The summed E-state index contributed by atoms with van der Waals surface area (Å²) in [7, 11) is 0. The Balaban J connectivity index is 3.24. The summed E-state index contributed by atoms with van der Waals surface area (Å²) in [6.45, 7) is 2.80. The van der Waals surface area contributed by atoms with Crippen LogP contribution in [-0.4, -0.2) is 10.5 Å². The minimum absolute atomic E-state index is 0.522. The molecule has 4 heteroatoms. The summed E-state index contributed by atoms with van der Waals surface area (Å²) < 4.78 is 0.522. The molecule has 0 aromatic carbocycles. The summed E-state index contributed by atoms with van der Waals surface area (Å²) in [5.41, 5.74) is 8.00. The number of azide groups is 1. The zero-order valence-electron chi connectivity index (χ0n) is 6.13. The number of unbranched alkanes of at least 4 members (excludes halogenated alkanes) is 1. The van der Waals surface area contributed by atoms with Crippen LogP contribution in [0.1, 0.15) is 26.2 Å². The van der Waals surface area contributed by atoms with Crippen molar-refractivity contribution in [3.05, 3.63) is 10.4 Å². The largest absolute Gasteiger partial charge is 0.0929 e. The SMILES string of the molecule is CCCCC(I)CN=[N+]=[N-]. The fourth-order valence-electron chi connectivity index (χ4n) is 0.642. The number of hydrogen-bond acceptors (Lipinski definition) is 1. The molecule has 0 aromatic heterocycles. The summed E-state index contributed by atoms with van der Waals surface area (Å²) in [5.74, 6) is 0. The van der Waals surface area contributed by atoms with E-state index in [0.717, 1.165) is 6.42 Å². The van der Waals surface area contributed by atoms with E-state index < -0.39 is 0 Å². The molecule has 10 heavy (non-hydrogen) atoms. The van der Waals surface area contributed by atoms with Crippen molar-refractivity contribution in [2.75, 3.05) is 6.54 Å². The van der Waals surface area contributed by atoms with Gasteiger partial charge in [0.15, 0.2) is 0 Å². The first kappa shape index (κ1) is 10.0. The van der Waals surface area contributed by atoms with Gasteiger partial charge in [0.25, 0.3) is 0 Å². The van der Waals surface area contributed by atoms with Crippen LogP contribution < -0.4 is 0 Å². The van der Waals surface area contributed by atoms with Gasteiger partial charge in [-0.3, -0.25) is 0 Å². The zero-order valence-corrected chi connectivity index (χ0v) is 8.28. The Labute approximate surface area is 75.0 Å². The Morgan fingerprint density at radius 3 is 2.90 bits per heavy atom. The number of alkyl halides is 1. The van der Waals surface area contributed by atoms with Crippen molar-refractivity contribution in [3.8, 4) is 0 Å². The van der Waals surface area contributed by atoms with E-state index in [1.807, 2.05) is 0 Å². The van der Waals surface area contributed by atoms with Gasteiger partial charge < -0.3 is 0 Å². The van der Waals surface area contributed by atoms with Crippen molar-refractivity contribution in [2.45, 2.75) is 30.1 Å². The summed E-state index contributed by atoms with van der Waals surface area (Å²) in [5, 5.41) is 3.50. The molecule has 0 saturated carbocycles. The van der Waals surface area contributed by atoms with Crippen LogP contribution in [-0.2, 0) is 0 Å². The minimum atomic E-state index is 0.522. The Morgan fingerprint density at radius 1 is 1.70 bits per heavy atom. The zero-order chi connectivity index (χ0) is 7.82. The maximum absolute atomic E-state index is 8.00. The topological polar surface area (TPSA) is 48.8 Å². The number of rotatable bonds is 5. The van der Waals surface area contributed by atoms with Crippen molar-refractivity contribution in [3.63, 3.8) is 0 Å². The molecule has 0 N–H and O–H groups in total. The summed E-state index contributed by atoms with van der Waals surface area (Å²) in [4.78, 5) is 2.70. The van der Waals surface area contributed by atoms with Crippen LogP contribution in [0.25, 0.3) is 10.4 Å². The highest BCUT2D eigenvalue weighted by atomic mass is 127. The van der Waals surface area contributed by atoms with E-state index in [-0.39, 0.29) is 0 Å². The first-order valence-corrected chi connectivity index (χ1v) is 4.70. The number of halogens is 1. The molecule has 0 aromatic rings. The highest BCUT2D eigenvalue weighted by Gasteiger charge is 1.99. The molecule has 3 nitrogen and oxygen atoms in total. The molecule has 0 aliphatic heterocycles. The standard InChI is InChI=1S/C6H12IN3/c1-2-3-4-6(7)5-9-10-8/h6H,2-5H2,1H3. The third-order valence-corrected chi connectivity index (χ3v) is 2.23. The van der Waals surface area contributed by atoms with Gasteiger partial charge in [0.05, 0.1) is 0 Å². The Bertz CT molecular complexity index is 120. The van der Waals surface area contributed by atoms with Crippen molar-refractivity contribution in [1.29, 1.82) is 0 Å². The minimum Gasteiger partial charge on any atom is -0.0929 e. The van der Waals surface area contributed by atoms with Gasteiger partial charge >= 0.3 is 0 Å². The second-order valence-corrected chi connectivity index (χ2v) is 3.91. The lowest BCUT2D eigenvalue weighted by Crippen LogP contribution is -2.00. The monoisotopic (exact) mass is 253 g/mol. The summed E-state index contributed by atoms with van der Waals surface area (Å²) >= 11 is 2.32. The molecule has 1 unspecified atom stereocenters. The molecule has 1 atom stereocenters. The van der Waals surface area contributed by atoms with Gasteiger partial charge in [-0.15, -0.1) is 0 Å². The quantitative estimate of drug-likeness (QED) is 0.237. The van der Waals surface area contributed by atoms with Gasteiger partial charge in [0.1, 0.15) is 0 Å². The van der Waals surface area contributed by atoms with E-state index in [4.69, 9.17) is 5.53 Å². The molecule has 0 amide bonds. The van der Waals surface area contributed by atoms with Crippen LogP contribution in [0, 0.1) is 0 Å². The molecule has 0 spiro atoms. The van der Waals surface area contributed by atoms with Crippen LogP contribution in [0.2, 0.25) is 0 Å². The number of nitrogens with zero attached hydrogens (tertiary/aromatic N) is 3. The lowest BCUT2D eigenvalue weighted by atomic mass is 10.2. The van der Waals surface area contributed by atoms with E-state index in [1.165, 1.54) is 12.8 Å². The van der Waals surface area contributed by atoms with Crippen molar-refractivity contribution in [2.24, 2.45) is 5.11 Å². The first-order chi connectivity index (χ1) is 4.81. The molecular formula is C6H12IN3. The third-order valence-electron chi connectivity index (χ3n) is 1.21. The maximum atomic E-state index is 8.00. The van der Waals surface area contributed by atoms with E-state index >= 15 is 0 Å². The molecule has 0 fully saturated rings. The number of hydrogen-bond donors (Lipinski definition) is 0. The Morgan fingerprint density at radius 2 is 2.40 bits per heavy atom. The lowest BCUT2D eigenvalue weighted by molar-refractivity contribution is 0.701. The van der Waals surface area contributed by atoms with Crippen LogP contribution in [0.5, 0.6) is 0 Å². The Hall–Kier alpha value is 0.0400. The van der Waals surface area contributed by atoms with Gasteiger partial charge in [-0.05, 0) is 12.0 Å². The van der Waals surface area contributed by atoms with Gasteiger partial charge in [-0.2, -0.15) is 0 Å². The average Bonchev–Trinajstić information content (AvgIpc) is 1.97. The normalized spacial score (nSPS) is 12.2. The van der Waals surface area contributed by atoms with Crippen LogP contribution >= 0.6 is 22.6 Å². The molecule has 0 saturated heterocycles. The van der Waals surface area contributed by atoms with Gasteiger partial charge in [-0.1, -0.05) is 47.5 Å². The fourth-order valence-corrected chi connectivity index (χ4v) is 1.26. The summed E-state index contributed by atoms with van der Waals surface area (Å²) in [6, 6.07) is 0.